The van der Waals surface area contributed by atoms with E-state index >= 15 is 0 Å². The maximum absolute atomic E-state index is 10.7. The number of rotatable bonds is 1. The molecule has 0 atom stereocenters. The number of nitrogens with zero attached hydrogens (tertiary/aromatic N) is 1. The molecule has 0 bridgehead atoms. The van der Waals surface area contributed by atoms with Crippen molar-refractivity contribution in [2.45, 2.75) is 44.6 Å². The minimum atomic E-state index is -0.921. The van der Waals surface area contributed by atoms with Gasteiger partial charge in [0.25, 0.3) is 5.69 Å². The monoisotopic (exact) mass is 259 g/mol. The zero-order valence-corrected chi connectivity index (χ0v) is 11.0. The lowest BCUT2D eigenvalue weighted by atomic mass is 9.85. The first-order valence-corrected chi connectivity index (χ1v) is 6.51. The first-order valence-electron chi connectivity index (χ1n) is 6.51. The topological polar surface area (TPSA) is 63.4 Å². The first-order chi connectivity index (χ1) is 9.00. The quantitative estimate of drug-likeness (QED) is 0.479. The smallest absolute Gasteiger partial charge is 0.270 e. The zero-order chi connectivity index (χ0) is 13.9. The summed E-state index contributed by atoms with van der Waals surface area (Å²) < 4.78 is 0. The number of nitro benzene ring substituents is 1. The van der Waals surface area contributed by atoms with Gasteiger partial charge in [-0.15, -0.1) is 0 Å². The number of hydrogen-bond acceptors (Lipinski definition) is 3. The maximum Gasteiger partial charge on any atom is 0.270 e. The summed E-state index contributed by atoms with van der Waals surface area (Å²) in [6.45, 7) is 1.86. The van der Waals surface area contributed by atoms with Crippen LogP contribution >= 0.6 is 0 Å². The van der Waals surface area contributed by atoms with Crippen LogP contribution in [0, 0.1) is 28.9 Å². The van der Waals surface area contributed by atoms with Crippen molar-refractivity contribution in [1.29, 1.82) is 0 Å². The maximum atomic E-state index is 10.7. The lowest BCUT2D eigenvalue weighted by Crippen LogP contribution is -2.29. The van der Waals surface area contributed by atoms with Crippen molar-refractivity contribution in [2.75, 3.05) is 0 Å². The van der Waals surface area contributed by atoms with E-state index in [1.807, 2.05) is 6.92 Å². The molecule has 4 heteroatoms. The van der Waals surface area contributed by atoms with Crippen LogP contribution in [0.1, 0.15) is 43.2 Å². The summed E-state index contributed by atoms with van der Waals surface area (Å²) in [4.78, 5) is 10.3. The van der Waals surface area contributed by atoms with Gasteiger partial charge in [-0.1, -0.05) is 24.3 Å². The summed E-state index contributed by atoms with van der Waals surface area (Å²) in [6, 6.07) is 4.62. The van der Waals surface area contributed by atoms with E-state index in [1.165, 1.54) is 12.1 Å². The van der Waals surface area contributed by atoms with Gasteiger partial charge in [-0.05, 0) is 38.2 Å². The van der Waals surface area contributed by atoms with E-state index in [-0.39, 0.29) is 5.69 Å². The average molecular weight is 259 g/mol. The second-order valence-electron chi connectivity index (χ2n) is 5.10. The molecule has 4 nitrogen and oxygen atoms in total. The fraction of sp³-hybridized carbons (Fsp3) is 0.467. The van der Waals surface area contributed by atoms with Crippen molar-refractivity contribution in [1.82, 2.24) is 0 Å². The van der Waals surface area contributed by atoms with Crippen LogP contribution < -0.4 is 0 Å². The Kier molecular flexibility index (Phi) is 3.87. The van der Waals surface area contributed by atoms with Gasteiger partial charge >= 0.3 is 0 Å². The van der Waals surface area contributed by atoms with E-state index in [0.29, 0.717) is 18.4 Å². The van der Waals surface area contributed by atoms with Gasteiger partial charge in [0.2, 0.25) is 0 Å². The third-order valence-electron chi connectivity index (χ3n) is 3.54. The molecular weight excluding hydrogens is 242 g/mol. The molecule has 0 heterocycles. The Hall–Kier alpha value is -1.86. The molecule has 100 valence electrons. The van der Waals surface area contributed by atoms with Crippen molar-refractivity contribution in [2.24, 2.45) is 0 Å². The summed E-state index contributed by atoms with van der Waals surface area (Å²) in [7, 11) is 0. The number of aryl methyl sites for hydroxylation is 1. The largest absolute Gasteiger partial charge is 0.378 e. The number of benzene rings is 1. The Bertz CT molecular complexity index is 548. The van der Waals surface area contributed by atoms with Crippen LogP contribution in [0.15, 0.2) is 18.2 Å². The number of nitro groups is 1. The molecule has 0 unspecified atom stereocenters. The molecule has 1 aliphatic carbocycles. The molecule has 0 radical (unpaired) electrons. The summed E-state index contributed by atoms with van der Waals surface area (Å²) in [5.74, 6) is 5.82. The molecule has 0 spiro atoms. The van der Waals surface area contributed by atoms with E-state index in [9.17, 15) is 15.2 Å². The molecule has 0 aromatic heterocycles. The zero-order valence-electron chi connectivity index (χ0n) is 11.0. The molecule has 0 saturated heterocycles. The Morgan fingerprint density at radius 3 is 2.63 bits per heavy atom. The molecule has 19 heavy (non-hydrogen) atoms. The SMILES string of the molecule is Cc1ccc([N+](=O)[O-])cc1C#CC1(O)CCCCC1. The number of aliphatic hydroxyl groups is 1. The van der Waals surface area contributed by atoms with E-state index in [2.05, 4.69) is 11.8 Å². The summed E-state index contributed by atoms with van der Waals surface area (Å²) >= 11 is 0. The van der Waals surface area contributed by atoms with Crippen molar-refractivity contribution in [3.63, 3.8) is 0 Å². The third kappa shape index (κ3) is 3.33. The summed E-state index contributed by atoms with van der Waals surface area (Å²) in [6.07, 6.45) is 4.49. The number of non-ortho nitro benzene ring substituents is 1. The lowest BCUT2D eigenvalue weighted by Gasteiger charge is -2.26. The van der Waals surface area contributed by atoms with Gasteiger partial charge in [0.05, 0.1) is 4.92 Å². The molecule has 2 rings (SSSR count). The van der Waals surface area contributed by atoms with E-state index in [1.54, 1.807) is 6.07 Å². The van der Waals surface area contributed by atoms with E-state index in [0.717, 1.165) is 24.8 Å². The van der Waals surface area contributed by atoms with Crippen molar-refractivity contribution >= 4 is 5.69 Å². The van der Waals surface area contributed by atoms with Crippen LogP contribution in [0.25, 0.3) is 0 Å². The highest BCUT2D eigenvalue weighted by Gasteiger charge is 2.26. The molecule has 1 aromatic carbocycles. The predicted octanol–water partition coefficient (Wildman–Crippen LogP) is 2.95. The minimum absolute atomic E-state index is 0.0329. The third-order valence-corrected chi connectivity index (χ3v) is 3.54. The fourth-order valence-corrected chi connectivity index (χ4v) is 2.30. The Balaban J connectivity index is 2.28. The Labute approximate surface area is 112 Å². The van der Waals surface area contributed by atoms with Crippen LogP contribution in [0.2, 0.25) is 0 Å². The van der Waals surface area contributed by atoms with Crippen molar-refractivity contribution in [3.8, 4) is 11.8 Å². The van der Waals surface area contributed by atoms with Crippen LogP contribution in [0.4, 0.5) is 5.69 Å². The molecule has 1 fully saturated rings. The molecule has 1 saturated carbocycles. The Morgan fingerprint density at radius 2 is 2.00 bits per heavy atom. The van der Waals surface area contributed by atoms with Crippen LogP contribution in [0.3, 0.4) is 0 Å². The van der Waals surface area contributed by atoms with Crippen molar-refractivity contribution in [3.05, 3.63) is 39.4 Å². The van der Waals surface area contributed by atoms with Crippen LogP contribution in [-0.4, -0.2) is 15.6 Å². The van der Waals surface area contributed by atoms with E-state index < -0.39 is 10.5 Å². The van der Waals surface area contributed by atoms with Gasteiger partial charge in [-0.2, -0.15) is 0 Å². The number of hydrogen-bond donors (Lipinski definition) is 1. The second kappa shape index (κ2) is 5.41. The van der Waals surface area contributed by atoms with Gasteiger partial charge in [0, 0.05) is 17.7 Å². The minimum Gasteiger partial charge on any atom is -0.378 e. The summed E-state index contributed by atoms with van der Waals surface area (Å²) in [5.41, 5.74) is 0.617. The molecular formula is C15H17NO3. The first kappa shape index (κ1) is 13.6. The standard InChI is InChI=1S/C15H17NO3/c1-12-5-6-14(16(18)19)11-13(12)7-10-15(17)8-3-2-4-9-15/h5-6,11,17H,2-4,8-9H2,1H3. The van der Waals surface area contributed by atoms with Gasteiger partial charge in [0.1, 0.15) is 5.60 Å². The normalized spacial score (nSPS) is 17.4. The van der Waals surface area contributed by atoms with E-state index in [4.69, 9.17) is 0 Å². The lowest BCUT2D eigenvalue weighted by molar-refractivity contribution is -0.384. The van der Waals surface area contributed by atoms with Gasteiger partial charge < -0.3 is 5.11 Å². The van der Waals surface area contributed by atoms with Gasteiger partial charge in [-0.25, -0.2) is 0 Å². The highest BCUT2D eigenvalue weighted by Crippen LogP contribution is 2.27. The molecule has 1 N–H and O–H groups in total. The highest BCUT2D eigenvalue weighted by molar-refractivity contribution is 5.48. The van der Waals surface area contributed by atoms with Gasteiger partial charge in [0.15, 0.2) is 0 Å². The van der Waals surface area contributed by atoms with Gasteiger partial charge in [-0.3, -0.25) is 10.1 Å². The fourth-order valence-electron chi connectivity index (χ4n) is 2.30. The molecule has 0 aliphatic heterocycles. The average Bonchev–Trinajstić information content (AvgIpc) is 2.38. The Morgan fingerprint density at radius 1 is 1.32 bits per heavy atom. The second-order valence-corrected chi connectivity index (χ2v) is 5.10. The molecule has 1 aliphatic rings. The highest BCUT2D eigenvalue weighted by atomic mass is 16.6. The molecule has 0 amide bonds. The molecule has 1 aromatic rings. The van der Waals surface area contributed by atoms with Crippen molar-refractivity contribution < 1.29 is 10.0 Å². The van der Waals surface area contributed by atoms with Crippen LogP contribution in [-0.2, 0) is 0 Å². The predicted molar refractivity (Wildman–Crippen MR) is 72.7 cm³/mol. The summed E-state index contributed by atoms with van der Waals surface area (Å²) in [5, 5.41) is 21.0. The van der Waals surface area contributed by atoms with Crippen LogP contribution in [0.5, 0.6) is 0 Å².